The van der Waals surface area contributed by atoms with E-state index < -0.39 is 229 Å². The van der Waals surface area contributed by atoms with Gasteiger partial charge in [-0.1, -0.05) is 90.4 Å². The van der Waals surface area contributed by atoms with E-state index >= 15 is 0 Å². The Bertz CT molecular complexity index is 3900. The van der Waals surface area contributed by atoms with Crippen LogP contribution in [0.25, 0.3) is 0 Å². The molecule has 0 aliphatic carbocycles. The fraction of sp³-hybridized carbons (Fsp3) is 0.573. The molecule has 0 saturated heterocycles. The Morgan fingerprint density at radius 3 is 1.37 bits per heavy atom. The van der Waals surface area contributed by atoms with Crippen LogP contribution in [-0.2, 0) is 96.0 Å². The van der Waals surface area contributed by atoms with E-state index in [1.165, 1.54) is 38.5 Å². The van der Waals surface area contributed by atoms with Crippen molar-refractivity contribution in [3.8, 4) is 5.75 Å². The van der Waals surface area contributed by atoms with Gasteiger partial charge >= 0.3 is 11.9 Å². The standard InChI is InChI=1S/C75H116N20O23/c1-12-37(6)57(92-63(106)47(76)27-44-20-22-46(100)23-21-44)71(114)90-51(28-43-17-14-13-15-18-43)66(109)91-54(33-96)70(113)84-38(7)61(104)86-48(19-16-24-80-75(77)78)64(107)81-32-55(101)85-53(30-56(102)103)68(111)88-49(25-35(2)3)65(108)83-39(8)62(105)87-52(29-45-31-79-34-82-45)67(110)89-50(26-36(4)5)69(112)93-58(40(9)97)72(115)94-59(41(10)98)73(116)95-60(42(11)99)74(117)118/h13-15,17-18,20-23,31,34-42,47-54,57-60,96-100H,12,16,19,24-30,32-33,76H2,1-11H3,(H,79,82)(H,81,107)(H,83,108)(H,84,113)(H,85,101)(H,86,104)(H,87,105)(H,88,111)(H,89,110)(H,90,114)(H,91,109)(H,92,106)(H,93,112)(H,94,115)(H,95,116)(H,102,103)(H,117,118)(H4,77,78,80)/t37-,38-,39-,40+,41+,42+,47-,48-,49-,50-,51-,52-,53-,54-,57-,58-,59-,60-/m0/s1. The summed E-state index contributed by atoms with van der Waals surface area (Å²) in [5, 5.41) is 104. The van der Waals surface area contributed by atoms with Crippen LogP contribution in [0.15, 0.2) is 72.1 Å². The lowest BCUT2D eigenvalue weighted by Gasteiger charge is -2.29. The van der Waals surface area contributed by atoms with Gasteiger partial charge in [-0.2, -0.15) is 0 Å². The Morgan fingerprint density at radius 2 is 0.898 bits per heavy atom. The lowest BCUT2D eigenvalue weighted by Crippen LogP contribution is -2.63. The highest BCUT2D eigenvalue weighted by molar-refractivity contribution is 6.01. The number of phenols is 1. The van der Waals surface area contributed by atoms with Crippen molar-refractivity contribution in [2.24, 2.45) is 39.9 Å². The second kappa shape index (κ2) is 49.8. The number of nitrogens with one attached hydrogen (secondary N) is 15. The summed E-state index contributed by atoms with van der Waals surface area (Å²) in [7, 11) is 0. The third-order valence-electron chi connectivity index (χ3n) is 18.3. The van der Waals surface area contributed by atoms with Crippen LogP contribution >= 0.6 is 0 Å². The molecule has 0 radical (unpaired) electrons. The van der Waals surface area contributed by atoms with Gasteiger partial charge in [-0.05, 0) is 108 Å². The van der Waals surface area contributed by atoms with Crippen LogP contribution in [0, 0.1) is 17.8 Å². The smallest absolute Gasteiger partial charge is 0.328 e. The highest BCUT2D eigenvalue weighted by atomic mass is 16.4. The number of phenolic OH excluding ortho intramolecular Hbond substituents is 1. The lowest BCUT2D eigenvalue weighted by atomic mass is 9.96. The highest BCUT2D eigenvalue weighted by Crippen LogP contribution is 2.16. The Hall–Kier alpha value is -12.0. The van der Waals surface area contributed by atoms with E-state index in [-0.39, 0.29) is 74.8 Å². The molecule has 1 aromatic heterocycles. The summed E-state index contributed by atoms with van der Waals surface area (Å²) in [5.41, 5.74) is 18.7. The van der Waals surface area contributed by atoms with Gasteiger partial charge in [0.05, 0.1) is 50.3 Å². The number of imidazole rings is 1. The monoisotopic (exact) mass is 1660 g/mol. The van der Waals surface area contributed by atoms with E-state index in [1.54, 1.807) is 84.0 Å². The van der Waals surface area contributed by atoms with E-state index in [9.17, 15) is 112 Å². The van der Waals surface area contributed by atoms with Crippen molar-refractivity contribution in [2.75, 3.05) is 19.7 Å². The van der Waals surface area contributed by atoms with E-state index in [0.717, 1.165) is 20.8 Å². The zero-order valence-corrected chi connectivity index (χ0v) is 67.7. The molecule has 0 aliphatic heterocycles. The number of aromatic amines is 1. The number of hydrogen-bond donors (Lipinski definition) is 25. The van der Waals surface area contributed by atoms with Crippen LogP contribution in [0.3, 0.4) is 0 Å². The van der Waals surface area contributed by atoms with Gasteiger partial charge in [-0.15, -0.1) is 0 Å². The maximum absolute atomic E-state index is 14.3. The van der Waals surface area contributed by atoms with E-state index in [2.05, 4.69) is 84.1 Å². The number of aliphatic imine (C=N–C) groups is 1. The number of rotatable bonds is 51. The first-order valence-corrected chi connectivity index (χ1v) is 38.3. The van der Waals surface area contributed by atoms with Crippen LogP contribution in [0.1, 0.15) is 132 Å². The molecular weight excluding hydrogens is 1550 g/mol. The van der Waals surface area contributed by atoms with Crippen LogP contribution in [0.5, 0.6) is 5.75 Å². The Morgan fingerprint density at radius 1 is 0.466 bits per heavy atom. The summed E-state index contributed by atoms with van der Waals surface area (Å²) in [4.78, 5) is 229. The first-order valence-electron chi connectivity index (χ1n) is 38.3. The third-order valence-corrected chi connectivity index (χ3v) is 18.3. The Labute approximate surface area is 681 Å². The molecule has 1 heterocycles. The maximum Gasteiger partial charge on any atom is 0.328 e. The first kappa shape index (κ1) is 100. The molecule has 0 spiro atoms. The molecule has 118 heavy (non-hydrogen) atoms. The van der Waals surface area contributed by atoms with Gasteiger partial charge < -0.3 is 132 Å². The number of carboxylic acid groups (broad SMARTS) is 2. The largest absolute Gasteiger partial charge is 0.508 e. The summed E-state index contributed by atoms with van der Waals surface area (Å²) in [6, 6.07) is -7.97. The number of guanidine groups is 1. The predicted octanol–water partition coefficient (Wildman–Crippen LogP) is -7.19. The number of nitrogens with two attached hydrogens (primary N) is 3. The van der Waals surface area contributed by atoms with Crippen molar-refractivity contribution in [3.05, 3.63) is 83.9 Å². The Kier molecular flexibility index (Phi) is 42.3. The molecule has 2 aromatic carbocycles. The molecule has 3 aromatic rings. The van der Waals surface area contributed by atoms with Gasteiger partial charge in [0.1, 0.15) is 78.3 Å². The average Bonchev–Trinajstić information content (AvgIpc) is 1.04. The molecular formula is C75H116N20O23. The fourth-order valence-corrected chi connectivity index (χ4v) is 11.5. The molecule has 654 valence electrons. The zero-order valence-electron chi connectivity index (χ0n) is 67.7. The summed E-state index contributed by atoms with van der Waals surface area (Å²) in [5.74, 6) is -19.5. The molecule has 0 saturated carbocycles. The van der Waals surface area contributed by atoms with Gasteiger partial charge in [0.15, 0.2) is 12.0 Å². The number of aliphatic hydroxyl groups excluding tert-OH is 4. The lowest BCUT2D eigenvalue weighted by molar-refractivity contribution is -0.146. The number of H-pyrrole nitrogens is 1. The summed E-state index contributed by atoms with van der Waals surface area (Å²) in [6.45, 7) is 13.6. The van der Waals surface area contributed by atoms with Crippen molar-refractivity contribution < 1.29 is 112 Å². The topological polar surface area (TPSA) is 702 Å². The second-order valence-corrected chi connectivity index (χ2v) is 29.5. The normalized spacial score (nSPS) is 15.8. The zero-order chi connectivity index (χ0) is 89.0. The predicted molar refractivity (Wildman–Crippen MR) is 422 cm³/mol. The number of hydrogen-bond acceptors (Lipinski definition) is 24. The number of aromatic nitrogens is 2. The van der Waals surface area contributed by atoms with Gasteiger partial charge in [-0.25, -0.2) is 9.78 Å². The van der Waals surface area contributed by atoms with Crippen molar-refractivity contribution >= 4 is 101 Å². The van der Waals surface area contributed by atoms with Crippen LogP contribution in [-0.4, -0.2) is 269 Å². The quantitative estimate of drug-likeness (QED) is 0.0142. The number of nitrogens with zero attached hydrogens (tertiary/aromatic N) is 2. The molecule has 0 aliphatic rings. The molecule has 28 N–H and O–H groups in total. The molecule has 0 unspecified atom stereocenters. The second-order valence-electron chi connectivity index (χ2n) is 29.5. The SMILES string of the molecule is CC[C@H](C)[C@H](NC(=O)[C@@H](N)Cc1ccc(O)cc1)C(=O)N[C@@H](Cc1ccccc1)C(=O)N[C@@H](CO)C(=O)N[C@@H](C)C(=O)N[C@@H](CCCN=C(N)N)C(=O)NCC(=O)N[C@@H](CC(=O)O)C(=O)N[C@@H](CC(C)C)C(=O)N[C@@H](C)C(=O)N[C@@H](Cc1cnc[nH]1)C(=O)N[C@@H](CC(C)C)C(=O)N[C@H](C(=O)N[C@H](C(=O)N[C@H](C(=O)O)[C@@H](C)O)[C@@H](C)O)[C@@H](C)O. The number of carbonyl (C=O) groups excluding carboxylic acids is 14. The molecule has 43 heteroatoms. The van der Waals surface area contributed by atoms with Crippen molar-refractivity contribution in [2.45, 2.75) is 237 Å². The Balaban J connectivity index is 1.78. The number of carboxylic acids is 2. The maximum atomic E-state index is 14.3. The highest BCUT2D eigenvalue weighted by Gasteiger charge is 2.40. The minimum absolute atomic E-state index is 0.00296. The third kappa shape index (κ3) is 35.2. The van der Waals surface area contributed by atoms with Crippen LogP contribution in [0.4, 0.5) is 0 Å². The molecule has 14 amide bonds. The molecule has 43 nitrogen and oxygen atoms in total. The van der Waals surface area contributed by atoms with Gasteiger partial charge in [0.25, 0.3) is 0 Å². The van der Waals surface area contributed by atoms with E-state index in [4.69, 9.17) is 17.2 Å². The van der Waals surface area contributed by atoms with E-state index in [0.29, 0.717) is 17.5 Å². The first-order chi connectivity index (χ1) is 55.4. The van der Waals surface area contributed by atoms with Crippen molar-refractivity contribution in [1.29, 1.82) is 0 Å². The number of carbonyl (C=O) groups is 16. The number of aromatic hydroxyl groups is 1. The van der Waals surface area contributed by atoms with Crippen molar-refractivity contribution in [3.63, 3.8) is 0 Å². The molecule has 0 fully saturated rings. The average molecular weight is 1670 g/mol. The van der Waals surface area contributed by atoms with Gasteiger partial charge in [0.2, 0.25) is 82.7 Å². The minimum Gasteiger partial charge on any atom is -0.508 e. The van der Waals surface area contributed by atoms with Gasteiger partial charge in [-0.3, -0.25) is 76.9 Å². The van der Waals surface area contributed by atoms with Crippen LogP contribution < -0.4 is 91.6 Å². The van der Waals surface area contributed by atoms with Gasteiger partial charge in [0, 0.05) is 31.3 Å². The number of aliphatic hydroxyl groups is 4. The number of aliphatic carboxylic acids is 2. The molecule has 3 rings (SSSR count). The summed E-state index contributed by atoms with van der Waals surface area (Å²) in [6.07, 6.45) is -4.10. The molecule has 18 atom stereocenters. The fourth-order valence-electron chi connectivity index (χ4n) is 11.5. The number of benzene rings is 2. The minimum atomic E-state index is -1.95. The van der Waals surface area contributed by atoms with Crippen LogP contribution in [0.2, 0.25) is 0 Å². The summed E-state index contributed by atoms with van der Waals surface area (Å²) < 4.78 is 0. The van der Waals surface area contributed by atoms with E-state index in [1.807, 2.05) is 5.32 Å². The van der Waals surface area contributed by atoms with Crippen molar-refractivity contribution in [1.82, 2.24) is 84.4 Å². The number of amides is 14. The summed E-state index contributed by atoms with van der Waals surface area (Å²) >= 11 is 0. The molecule has 0 bridgehead atoms.